The highest BCUT2D eigenvalue weighted by Crippen LogP contribution is 2.13. The second-order valence-corrected chi connectivity index (χ2v) is 3.86. The van der Waals surface area contributed by atoms with Crippen LogP contribution in [-0.2, 0) is 6.54 Å². The van der Waals surface area contributed by atoms with Gasteiger partial charge >= 0.3 is 0 Å². The van der Waals surface area contributed by atoms with E-state index in [2.05, 4.69) is 24.2 Å². The van der Waals surface area contributed by atoms with Crippen LogP contribution >= 0.6 is 0 Å². The number of hydrogen-bond acceptors (Lipinski definition) is 3. The summed E-state index contributed by atoms with van der Waals surface area (Å²) >= 11 is 0. The summed E-state index contributed by atoms with van der Waals surface area (Å²) in [5.74, 6) is 0.541. The van der Waals surface area contributed by atoms with Gasteiger partial charge in [0.15, 0.2) is 0 Å². The summed E-state index contributed by atoms with van der Waals surface area (Å²) in [5, 5.41) is 7.55. The summed E-state index contributed by atoms with van der Waals surface area (Å²) in [6.45, 7) is 5.03. The Bertz CT molecular complexity index is 335. The third-order valence-electron chi connectivity index (χ3n) is 2.67. The summed E-state index contributed by atoms with van der Waals surface area (Å²) < 4.78 is 1.46. The van der Waals surface area contributed by atoms with Crippen molar-refractivity contribution in [3.63, 3.8) is 0 Å². The van der Waals surface area contributed by atoms with Crippen molar-refractivity contribution in [3.05, 3.63) is 22.6 Å². The van der Waals surface area contributed by atoms with Crippen molar-refractivity contribution in [2.75, 3.05) is 0 Å². The molecule has 1 heterocycles. The van der Waals surface area contributed by atoms with Gasteiger partial charge in [-0.25, -0.2) is 4.68 Å². The molecule has 0 aliphatic heterocycles. The Kier molecular flexibility index (Phi) is 5.01. The molecule has 84 valence electrons. The van der Waals surface area contributed by atoms with E-state index in [1.54, 1.807) is 0 Å². The first-order valence-corrected chi connectivity index (χ1v) is 5.66. The van der Waals surface area contributed by atoms with Crippen LogP contribution in [0.4, 0.5) is 0 Å². The average molecular weight is 209 g/mol. The number of nitrogens with zero attached hydrogens (tertiary/aromatic N) is 3. The van der Waals surface area contributed by atoms with Gasteiger partial charge in [-0.1, -0.05) is 38.3 Å². The van der Waals surface area contributed by atoms with E-state index >= 15 is 0 Å². The second kappa shape index (κ2) is 6.32. The van der Waals surface area contributed by atoms with Crippen molar-refractivity contribution in [1.82, 2.24) is 15.0 Å². The van der Waals surface area contributed by atoms with Crippen molar-refractivity contribution in [2.24, 2.45) is 5.92 Å². The molecule has 0 spiro atoms. The highest BCUT2D eigenvalue weighted by Gasteiger charge is 2.08. The smallest absolute Gasteiger partial charge is 0.268 e. The fourth-order valence-corrected chi connectivity index (χ4v) is 1.61. The van der Waals surface area contributed by atoms with E-state index in [0.29, 0.717) is 12.5 Å². The minimum absolute atomic E-state index is 0.0556. The normalized spacial score (nSPS) is 12.7. The first kappa shape index (κ1) is 11.9. The van der Waals surface area contributed by atoms with Gasteiger partial charge in [-0.05, 0) is 12.3 Å². The number of rotatable bonds is 6. The molecule has 0 saturated heterocycles. The summed E-state index contributed by atoms with van der Waals surface area (Å²) in [7, 11) is 0. The van der Waals surface area contributed by atoms with Gasteiger partial charge in [-0.2, -0.15) is 0 Å². The maximum Gasteiger partial charge on any atom is 0.269 e. The molecular weight excluding hydrogens is 190 g/mol. The van der Waals surface area contributed by atoms with Crippen LogP contribution in [0.2, 0.25) is 0 Å². The van der Waals surface area contributed by atoms with Gasteiger partial charge in [0.2, 0.25) is 0 Å². The molecule has 1 aromatic heterocycles. The third kappa shape index (κ3) is 3.81. The molecule has 0 bridgehead atoms. The van der Waals surface area contributed by atoms with E-state index in [1.807, 2.05) is 0 Å². The predicted octanol–water partition coefficient (Wildman–Crippen LogP) is 1.85. The maximum absolute atomic E-state index is 11.4. The molecule has 1 aromatic rings. The molecule has 0 saturated carbocycles. The van der Waals surface area contributed by atoms with E-state index < -0.39 is 0 Å². The molecule has 1 unspecified atom stereocenters. The Labute approximate surface area is 90.3 Å². The van der Waals surface area contributed by atoms with Crippen LogP contribution in [0.3, 0.4) is 0 Å². The van der Waals surface area contributed by atoms with Crippen LogP contribution in [-0.4, -0.2) is 15.0 Å². The Morgan fingerprint density at radius 3 is 2.87 bits per heavy atom. The van der Waals surface area contributed by atoms with E-state index in [0.717, 1.165) is 12.8 Å². The predicted molar refractivity (Wildman–Crippen MR) is 59.6 cm³/mol. The molecule has 4 nitrogen and oxygen atoms in total. The molecule has 0 amide bonds. The third-order valence-corrected chi connectivity index (χ3v) is 2.67. The number of unbranched alkanes of at least 4 members (excludes halogenated alkanes) is 1. The molecule has 1 rings (SSSR count). The van der Waals surface area contributed by atoms with Crippen LogP contribution in [0.5, 0.6) is 0 Å². The van der Waals surface area contributed by atoms with Gasteiger partial charge in [-0.3, -0.25) is 4.79 Å². The highest BCUT2D eigenvalue weighted by atomic mass is 16.1. The van der Waals surface area contributed by atoms with Crippen LogP contribution in [0, 0.1) is 5.92 Å². The van der Waals surface area contributed by atoms with Crippen molar-refractivity contribution in [3.8, 4) is 0 Å². The monoisotopic (exact) mass is 209 g/mol. The van der Waals surface area contributed by atoms with Gasteiger partial charge in [0, 0.05) is 12.6 Å². The van der Waals surface area contributed by atoms with E-state index in [-0.39, 0.29) is 5.56 Å². The highest BCUT2D eigenvalue weighted by molar-refractivity contribution is 4.77. The summed E-state index contributed by atoms with van der Waals surface area (Å²) in [6, 6.07) is 1.46. The molecule has 0 aliphatic rings. The lowest BCUT2D eigenvalue weighted by Gasteiger charge is -2.13. The van der Waals surface area contributed by atoms with E-state index in [4.69, 9.17) is 0 Å². The van der Waals surface area contributed by atoms with Crippen LogP contribution in [0.25, 0.3) is 0 Å². The van der Waals surface area contributed by atoms with Crippen molar-refractivity contribution < 1.29 is 0 Å². The van der Waals surface area contributed by atoms with E-state index in [9.17, 15) is 4.79 Å². The number of hydrogen-bond donors (Lipinski definition) is 0. The van der Waals surface area contributed by atoms with Gasteiger partial charge in [-0.15, -0.1) is 5.10 Å². The van der Waals surface area contributed by atoms with Gasteiger partial charge < -0.3 is 0 Å². The zero-order valence-corrected chi connectivity index (χ0v) is 9.52. The SMILES string of the molecule is CCCCC(CC)Cn1nnccc1=O. The molecule has 0 fully saturated rings. The van der Waals surface area contributed by atoms with Crippen LogP contribution in [0.15, 0.2) is 17.1 Å². The number of aromatic nitrogens is 3. The lowest BCUT2D eigenvalue weighted by molar-refractivity contribution is 0.354. The zero-order chi connectivity index (χ0) is 11.1. The second-order valence-electron chi connectivity index (χ2n) is 3.86. The molecule has 15 heavy (non-hydrogen) atoms. The molecule has 0 aliphatic carbocycles. The van der Waals surface area contributed by atoms with Crippen molar-refractivity contribution in [1.29, 1.82) is 0 Å². The van der Waals surface area contributed by atoms with Crippen LogP contribution < -0.4 is 5.56 Å². The standard InChI is InChI=1S/C11H19N3O/c1-3-5-6-10(4-2)9-14-11(15)7-8-12-13-14/h7-8,10H,3-6,9H2,1-2H3. The molecular formula is C11H19N3O. The van der Waals surface area contributed by atoms with Gasteiger partial charge in [0.25, 0.3) is 5.56 Å². The minimum Gasteiger partial charge on any atom is -0.268 e. The fraction of sp³-hybridized carbons (Fsp3) is 0.727. The Balaban J connectivity index is 2.58. The Morgan fingerprint density at radius 1 is 1.47 bits per heavy atom. The maximum atomic E-state index is 11.4. The van der Waals surface area contributed by atoms with Gasteiger partial charge in [0.1, 0.15) is 0 Å². The molecule has 1 atom stereocenters. The fourth-order valence-electron chi connectivity index (χ4n) is 1.61. The first-order valence-electron chi connectivity index (χ1n) is 5.66. The quantitative estimate of drug-likeness (QED) is 0.718. The summed E-state index contributed by atoms with van der Waals surface area (Å²) in [6.07, 6.45) is 6.10. The van der Waals surface area contributed by atoms with Crippen molar-refractivity contribution >= 4 is 0 Å². The molecule has 4 heteroatoms. The summed E-state index contributed by atoms with van der Waals surface area (Å²) in [5.41, 5.74) is -0.0556. The largest absolute Gasteiger partial charge is 0.269 e. The first-order chi connectivity index (χ1) is 7.27. The lowest BCUT2D eigenvalue weighted by Crippen LogP contribution is -2.26. The topological polar surface area (TPSA) is 47.8 Å². The molecule has 0 N–H and O–H groups in total. The molecule has 0 radical (unpaired) electrons. The molecule has 0 aromatic carbocycles. The Morgan fingerprint density at radius 2 is 2.27 bits per heavy atom. The average Bonchev–Trinajstić information content (AvgIpc) is 2.26. The summed E-state index contributed by atoms with van der Waals surface area (Å²) in [4.78, 5) is 11.4. The van der Waals surface area contributed by atoms with Gasteiger partial charge in [0.05, 0.1) is 6.20 Å². The lowest BCUT2D eigenvalue weighted by atomic mass is 9.99. The Hall–Kier alpha value is -1.19. The minimum atomic E-state index is -0.0556. The van der Waals surface area contributed by atoms with E-state index in [1.165, 1.54) is 29.8 Å². The van der Waals surface area contributed by atoms with Crippen molar-refractivity contribution in [2.45, 2.75) is 46.1 Å². The zero-order valence-electron chi connectivity index (χ0n) is 9.52. The van der Waals surface area contributed by atoms with Crippen LogP contribution in [0.1, 0.15) is 39.5 Å².